The summed E-state index contributed by atoms with van der Waals surface area (Å²) in [6.45, 7) is 11.6. The number of esters is 2. The van der Waals surface area contributed by atoms with Crippen molar-refractivity contribution in [2.75, 3.05) is 7.11 Å². The molecule has 26 heavy (non-hydrogen) atoms. The number of rotatable bonds is 3. The van der Waals surface area contributed by atoms with Crippen molar-refractivity contribution in [2.45, 2.75) is 77.0 Å². The van der Waals surface area contributed by atoms with E-state index >= 15 is 0 Å². The zero-order valence-electron chi connectivity index (χ0n) is 16.4. The fraction of sp³-hybridized carbons (Fsp3) is 0.800. The third-order valence-corrected chi connectivity index (χ3v) is 6.20. The average Bonchev–Trinajstić information content (AvgIpc) is 3.05. The lowest BCUT2D eigenvalue weighted by Crippen LogP contribution is -2.42. The molecule has 0 amide bonds. The van der Waals surface area contributed by atoms with Crippen LogP contribution in [0.25, 0.3) is 0 Å². The number of carbonyl (C=O) groups excluding carboxylic acids is 2. The van der Waals surface area contributed by atoms with E-state index in [2.05, 4.69) is 13.5 Å². The van der Waals surface area contributed by atoms with Crippen molar-refractivity contribution in [3.63, 3.8) is 0 Å². The number of hydrogen-bond acceptors (Lipinski definition) is 6. The maximum Gasteiger partial charge on any atom is 0.334 e. The van der Waals surface area contributed by atoms with Gasteiger partial charge >= 0.3 is 11.9 Å². The molecule has 3 aliphatic rings. The standard InChI is InChI=1S/C20H30O6/c1-11(2)17(21)25-15-10-19(5)7-8-20(23-6,26-19)12(3)9-14-16(15)13(4)18(22)24-14/h11-12,14-16H,4,7-10H2,1-3,5-6H3/t12-,14+,15+,16-,19-,20-/m0/s1. The average molecular weight is 366 g/mol. The van der Waals surface area contributed by atoms with Gasteiger partial charge in [-0.1, -0.05) is 27.4 Å². The molecule has 6 heteroatoms. The summed E-state index contributed by atoms with van der Waals surface area (Å²) in [6.07, 6.45) is 1.75. The maximum absolute atomic E-state index is 12.3. The van der Waals surface area contributed by atoms with Gasteiger partial charge in [-0.3, -0.25) is 4.79 Å². The fourth-order valence-corrected chi connectivity index (χ4v) is 4.58. The van der Waals surface area contributed by atoms with Gasteiger partial charge in [0, 0.05) is 31.4 Å². The van der Waals surface area contributed by atoms with Crippen molar-refractivity contribution in [3.8, 4) is 0 Å². The van der Waals surface area contributed by atoms with Crippen LogP contribution in [0.4, 0.5) is 0 Å². The summed E-state index contributed by atoms with van der Waals surface area (Å²) < 4.78 is 23.7. The highest BCUT2D eigenvalue weighted by molar-refractivity contribution is 5.91. The van der Waals surface area contributed by atoms with Gasteiger partial charge in [0.05, 0.1) is 17.4 Å². The molecule has 0 aromatic heterocycles. The Balaban J connectivity index is 1.99. The van der Waals surface area contributed by atoms with E-state index < -0.39 is 23.5 Å². The molecule has 0 radical (unpaired) electrons. The van der Waals surface area contributed by atoms with Crippen molar-refractivity contribution in [1.82, 2.24) is 0 Å². The van der Waals surface area contributed by atoms with Gasteiger partial charge in [0.25, 0.3) is 0 Å². The SMILES string of the molecule is C=C1C(=O)O[C@@H]2C[C@H](C)[C@]3(OC)CC[C@@](C)(C[C@@H](OC(=O)C(C)C)[C@@H]12)O3. The highest BCUT2D eigenvalue weighted by atomic mass is 16.7. The van der Waals surface area contributed by atoms with Crippen LogP contribution in [0.2, 0.25) is 0 Å². The molecule has 3 heterocycles. The summed E-state index contributed by atoms with van der Waals surface area (Å²) >= 11 is 0. The first-order valence-electron chi connectivity index (χ1n) is 9.46. The summed E-state index contributed by atoms with van der Waals surface area (Å²) in [5.74, 6) is -1.95. The Morgan fingerprint density at radius 3 is 2.65 bits per heavy atom. The third-order valence-electron chi connectivity index (χ3n) is 6.20. The van der Waals surface area contributed by atoms with Crippen molar-refractivity contribution in [1.29, 1.82) is 0 Å². The Hall–Kier alpha value is -1.40. The number of fused-ring (bicyclic) bond motifs is 3. The normalized spacial score (nSPS) is 42.7. The Morgan fingerprint density at radius 2 is 2.04 bits per heavy atom. The van der Waals surface area contributed by atoms with E-state index in [0.717, 1.165) is 12.8 Å². The van der Waals surface area contributed by atoms with Crippen LogP contribution >= 0.6 is 0 Å². The second-order valence-electron chi connectivity index (χ2n) is 8.53. The van der Waals surface area contributed by atoms with E-state index in [1.165, 1.54) is 0 Å². The van der Waals surface area contributed by atoms with Gasteiger partial charge in [-0.2, -0.15) is 0 Å². The van der Waals surface area contributed by atoms with Crippen LogP contribution in [0.5, 0.6) is 0 Å². The van der Waals surface area contributed by atoms with Gasteiger partial charge in [-0.05, 0) is 19.8 Å². The Labute approximate surface area is 155 Å². The van der Waals surface area contributed by atoms with Crippen LogP contribution in [0.15, 0.2) is 12.2 Å². The predicted octanol–water partition coefficient (Wildman–Crippen LogP) is 2.99. The van der Waals surface area contributed by atoms with Gasteiger partial charge in [0.1, 0.15) is 12.2 Å². The number of carbonyl (C=O) groups is 2. The van der Waals surface area contributed by atoms with Crippen molar-refractivity contribution < 1.29 is 28.5 Å². The molecule has 3 rings (SSSR count). The molecular formula is C20H30O6. The molecular weight excluding hydrogens is 336 g/mol. The lowest BCUT2D eigenvalue weighted by molar-refractivity contribution is -0.265. The minimum atomic E-state index is -0.702. The van der Waals surface area contributed by atoms with Crippen LogP contribution < -0.4 is 0 Å². The van der Waals surface area contributed by atoms with Crippen molar-refractivity contribution >= 4 is 11.9 Å². The molecule has 3 saturated heterocycles. The largest absolute Gasteiger partial charge is 0.461 e. The number of methoxy groups -OCH3 is 1. The summed E-state index contributed by atoms with van der Waals surface area (Å²) in [7, 11) is 1.66. The Morgan fingerprint density at radius 1 is 1.35 bits per heavy atom. The van der Waals surface area contributed by atoms with Gasteiger partial charge in [-0.25, -0.2) is 4.79 Å². The van der Waals surface area contributed by atoms with Gasteiger partial charge in [0.2, 0.25) is 0 Å². The van der Waals surface area contributed by atoms with Crippen LogP contribution in [0.1, 0.15) is 53.4 Å². The molecule has 2 bridgehead atoms. The van der Waals surface area contributed by atoms with E-state index in [-0.39, 0.29) is 29.8 Å². The van der Waals surface area contributed by atoms with E-state index in [0.29, 0.717) is 18.4 Å². The summed E-state index contributed by atoms with van der Waals surface area (Å²) in [5.41, 5.74) is -0.107. The van der Waals surface area contributed by atoms with Crippen LogP contribution in [-0.2, 0) is 28.5 Å². The smallest absolute Gasteiger partial charge is 0.334 e. The molecule has 6 nitrogen and oxygen atoms in total. The number of ether oxygens (including phenoxy) is 4. The highest BCUT2D eigenvalue weighted by Crippen LogP contribution is 2.51. The van der Waals surface area contributed by atoms with Gasteiger partial charge < -0.3 is 18.9 Å². The lowest BCUT2D eigenvalue weighted by atomic mass is 9.78. The summed E-state index contributed by atoms with van der Waals surface area (Å²) in [5, 5.41) is 0. The third kappa shape index (κ3) is 3.18. The molecule has 6 atom stereocenters. The molecule has 0 aliphatic carbocycles. The maximum atomic E-state index is 12.3. The zero-order valence-corrected chi connectivity index (χ0v) is 16.4. The Kier molecular flexibility index (Phi) is 4.95. The van der Waals surface area contributed by atoms with Crippen molar-refractivity contribution in [3.05, 3.63) is 12.2 Å². The van der Waals surface area contributed by atoms with E-state index in [9.17, 15) is 9.59 Å². The quantitative estimate of drug-likeness (QED) is 0.565. The Bertz CT molecular complexity index is 613. The van der Waals surface area contributed by atoms with Gasteiger partial charge in [-0.15, -0.1) is 0 Å². The van der Waals surface area contributed by atoms with Crippen LogP contribution in [0.3, 0.4) is 0 Å². The lowest BCUT2D eigenvalue weighted by Gasteiger charge is -2.36. The molecule has 3 aliphatic heterocycles. The van der Waals surface area contributed by atoms with E-state index in [1.807, 2.05) is 6.92 Å². The van der Waals surface area contributed by atoms with Crippen LogP contribution in [0, 0.1) is 17.8 Å². The van der Waals surface area contributed by atoms with Gasteiger partial charge in [0.15, 0.2) is 5.79 Å². The van der Waals surface area contributed by atoms with E-state index in [1.54, 1.807) is 21.0 Å². The first-order chi connectivity index (χ1) is 12.1. The molecule has 0 saturated carbocycles. The molecule has 146 valence electrons. The topological polar surface area (TPSA) is 71.1 Å². The summed E-state index contributed by atoms with van der Waals surface area (Å²) in [4.78, 5) is 24.5. The fourth-order valence-electron chi connectivity index (χ4n) is 4.58. The first-order valence-corrected chi connectivity index (χ1v) is 9.46. The first kappa shape index (κ1) is 19.4. The predicted molar refractivity (Wildman–Crippen MR) is 94.1 cm³/mol. The van der Waals surface area contributed by atoms with Crippen molar-refractivity contribution in [2.24, 2.45) is 17.8 Å². The zero-order chi connectivity index (χ0) is 19.3. The van der Waals surface area contributed by atoms with Crippen LogP contribution in [-0.4, -0.2) is 42.6 Å². The second-order valence-corrected chi connectivity index (χ2v) is 8.53. The minimum absolute atomic E-state index is 0.0278. The summed E-state index contributed by atoms with van der Waals surface area (Å²) in [6, 6.07) is 0. The minimum Gasteiger partial charge on any atom is -0.461 e. The molecule has 0 unspecified atom stereocenters. The highest BCUT2D eigenvalue weighted by Gasteiger charge is 2.57. The molecule has 0 aromatic carbocycles. The number of hydrogen-bond donors (Lipinski definition) is 0. The molecule has 3 fully saturated rings. The molecule has 0 spiro atoms. The monoisotopic (exact) mass is 366 g/mol. The molecule has 0 N–H and O–H groups in total. The molecule has 0 aromatic rings. The van der Waals surface area contributed by atoms with E-state index in [4.69, 9.17) is 18.9 Å². The second kappa shape index (κ2) is 6.64.